The lowest BCUT2D eigenvalue weighted by atomic mass is 10.1. The molecule has 0 atom stereocenters. The smallest absolute Gasteiger partial charge is 0.211 e. The summed E-state index contributed by atoms with van der Waals surface area (Å²) in [5.74, 6) is -0.156. The molecule has 0 radical (unpaired) electrons. The maximum absolute atomic E-state index is 11.5. The van der Waals surface area contributed by atoms with Crippen LogP contribution in [-0.4, -0.2) is 51.0 Å². The molecule has 0 aliphatic carbocycles. The third-order valence-electron chi connectivity index (χ3n) is 3.19. The molecule has 0 aromatic heterocycles. The van der Waals surface area contributed by atoms with Gasteiger partial charge in [0.05, 0.1) is 12.5 Å². The summed E-state index contributed by atoms with van der Waals surface area (Å²) in [5.41, 5.74) is 6.68. The molecule has 6 nitrogen and oxygen atoms in total. The van der Waals surface area contributed by atoms with Crippen molar-refractivity contribution >= 4 is 16.7 Å². The van der Waals surface area contributed by atoms with E-state index in [1.165, 1.54) is 30.3 Å². The minimum absolute atomic E-state index is 0. The third kappa shape index (κ3) is 8.15. The summed E-state index contributed by atoms with van der Waals surface area (Å²) in [6, 6.07) is 8.85. The van der Waals surface area contributed by atoms with Gasteiger partial charge in [0.25, 0.3) is 0 Å². The molecule has 2 rings (SSSR count). The van der Waals surface area contributed by atoms with E-state index in [2.05, 4.69) is 0 Å². The summed E-state index contributed by atoms with van der Waals surface area (Å²) in [6.45, 7) is 0.546. The highest BCUT2D eigenvalue weighted by Gasteiger charge is 2.15. The van der Waals surface area contributed by atoms with Crippen LogP contribution in [0.5, 0.6) is 23.0 Å². The standard InChI is InChI=1S/C10H12O3S.C8H11NO2.HI/c1-14(2)6-10(13)7-3-4-8(11)9(12)5-7;9-4-3-6-1-2-7(10)8(11)5-6;/h3-5H,6H2,1-2H3,(H-,11,12,13);1-2,5,10-11H,3-4,9H2;1H. The Kier molecular flexibility index (Phi) is 11.1. The Hall–Kier alpha value is -1.65. The van der Waals surface area contributed by atoms with Gasteiger partial charge in [0, 0.05) is 5.56 Å². The summed E-state index contributed by atoms with van der Waals surface area (Å²) in [7, 11) is 0.0482. The van der Waals surface area contributed by atoms with Crippen molar-refractivity contribution in [3.63, 3.8) is 0 Å². The molecule has 144 valence electrons. The number of rotatable bonds is 5. The molecule has 2 aromatic carbocycles. The van der Waals surface area contributed by atoms with Crippen molar-refractivity contribution in [1.82, 2.24) is 0 Å². The van der Waals surface area contributed by atoms with Crippen molar-refractivity contribution in [2.45, 2.75) is 6.42 Å². The summed E-state index contributed by atoms with van der Waals surface area (Å²) in [5, 5.41) is 36.2. The monoisotopic (exact) mass is 493 g/mol. The Morgan fingerprint density at radius 1 is 0.923 bits per heavy atom. The molecule has 0 aliphatic heterocycles. The molecule has 0 aliphatic rings. The van der Waals surface area contributed by atoms with E-state index >= 15 is 0 Å². The third-order valence-corrected chi connectivity index (χ3v) is 4.03. The zero-order valence-electron chi connectivity index (χ0n) is 14.6. The van der Waals surface area contributed by atoms with E-state index in [-0.39, 0.29) is 63.7 Å². The van der Waals surface area contributed by atoms with Crippen molar-refractivity contribution in [3.05, 3.63) is 47.5 Å². The number of carbonyl (C=O) groups excluding carboxylic acids is 1. The maximum Gasteiger partial charge on any atom is 0.211 e. The molecule has 0 heterocycles. The average Bonchev–Trinajstić information content (AvgIpc) is 2.54. The van der Waals surface area contributed by atoms with Crippen LogP contribution in [0.1, 0.15) is 15.9 Å². The van der Waals surface area contributed by atoms with Crippen molar-refractivity contribution in [3.8, 4) is 23.0 Å². The van der Waals surface area contributed by atoms with Crippen LogP contribution in [0.3, 0.4) is 0 Å². The Morgan fingerprint density at radius 3 is 1.92 bits per heavy atom. The van der Waals surface area contributed by atoms with Gasteiger partial charge in [-0.1, -0.05) is 6.07 Å². The first-order chi connectivity index (χ1) is 11.7. The van der Waals surface area contributed by atoms with Crippen LogP contribution in [0.4, 0.5) is 0 Å². The van der Waals surface area contributed by atoms with E-state index in [9.17, 15) is 9.90 Å². The van der Waals surface area contributed by atoms with Gasteiger partial charge in [-0.15, -0.1) is 0 Å². The highest BCUT2D eigenvalue weighted by molar-refractivity contribution is 7.96. The number of hydrogen-bond acceptors (Lipinski definition) is 6. The number of hydrogen-bond donors (Lipinski definition) is 5. The van der Waals surface area contributed by atoms with E-state index in [1.807, 2.05) is 12.5 Å². The fourth-order valence-electron chi connectivity index (χ4n) is 1.93. The Labute approximate surface area is 173 Å². The number of phenolic OH excluding ortho intramolecular Hbond substituents is 4. The fraction of sp³-hybridized carbons (Fsp3) is 0.278. The second kappa shape index (κ2) is 11.9. The molecule has 0 fully saturated rings. The number of phenols is 4. The first kappa shape index (κ1) is 24.4. The number of aromatic hydroxyl groups is 4. The minimum atomic E-state index is -0.247. The van der Waals surface area contributed by atoms with Gasteiger partial charge in [0.1, 0.15) is 0 Å². The van der Waals surface area contributed by atoms with Gasteiger partial charge in [-0.25, -0.2) is 0 Å². The van der Waals surface area contributed by atoms with E-state index in [0.717, 1.165) is 5.56 Å². The van der Waals surface area contributed by atoms with E-state index in [1.54, 1.807) is 6.07 Å². The summed E-state index contributed by atoms with van der Waals surface area (Å²) >= 11 is 0. The zero-order valence-corrected chi connectivity index (χ0v) is 17.6. The molecular formula is C18H24INO5S. The molecule has 0 amide bonds. The number of carbonyl (C=O) groups is 1. The lowest BCUT2D eigenvalue weighted by Gasteiger charge is -2.01. The molecule has 2 aromatic rings. The predicted molar refractivity (Wildman–Crippen MR) is 101 cm³/mol. The topological polar surface area (TPSA) is 124 Å². The molecule has 0 saturated heterocycles. The molecule has 0 unspecified atom stereocenters. The van der Waals surface area contributed by atoms with Gasteiger partial charge in [-0.2, -0.15) is 0 Å². The van der Waals surface area contributed by atoms with Crippen molar-refractivity contribution in [1.29, 1.82) is 0 Å². The first-order valence-electron chi connectivity index (χ1n) is 7.55. The van der Waals surface area contributed by atoms with Crippen LogP contribution in [-0.2, 0) is 17.3 Å². The summed E-state index contributed by atoms with van der Waals surface area (Å²) < 4.78 is 0. The molecule has 0 bridgehead atoms. The fourth-order valence-corrected chi connectivity index (χ4v) is 2.62. The number of benzene rings is 2. The molecule has 8 heteroatoms. The van der Waals surface area contributed by atoms with E-state index < -0.39 is 0 Å². The van der Waals surface area contributed by atoms with Gasteiger partial charge in [0.2, 0.25) is 5.78 Å². The number of halogens is 1. The van der Waals surface area contributed by atoms with Crippen molar-refractivity contribution in [2.75, 3.05) is 24.8 Å². The Bertz CT molecular complexity index is 725. The van der Waals surface area contributed by atoms with Crippen LogP contribution >= 0.6 is 0 Å². The molecule has 0 spiro atoms. The number of nitrogens with two attached hydrogens (primary N) is 1. The SMILES string of the molecule is C[S+](C)CC(=O)c1ccc(O)c(O)c1.NCCc1ccc(O)c(O)c1.[I-]. The van der Waals surface area contributed by atoms with Crippen LogP contribution in [0.25, 0.3) is 0 Å². The van der Waals surface area contributed by atoms with Crippen molar-refractivity contribution < 1.29 is 49.2 Å². The molecule has 26 heavy (non-hydrogen) atoms. The number of Topliss-reactive ketones (excluding diaryl/α,β-unsaturated/α-hetero) is 1. The highest BCUT2D eigenvalue weighted by Crippen LogP contribution is 2.25. The molecule has 0 saturated carbocycles. The highest BCUT2D eigenvalue weighted by atomic mass is 127. The zero-order chi connectivity index (χ0) is 19.0. The summed E-state index contributed by atoms with van der Waals surface area (Å²) in [6.07, 6.45) is 4.68. The van der Waals surface area contributed by atoms with E-state index in [4.69, 9.17) is 21.1 Å². The lowest BCUT2D eigenvalue weighted by molar-refractivity contribution is -0.0000167. The van der Waals surface area contributed by atoms with Crippen LogP contribution in [0.15, 0.2) is 36.4 Å². The molecular weight excluding hydrogens is 469 g/mol. The quantitative estimate of drug-likeness (QED) is 0.154. The van der Waals surface area contributed by atoms with Gasteiger partial charge in [0.15, 0.2) is 28.8 Å². The maximum atomic E-state index is 11.5. The van der Waals surface area contributed by atoms with Gasteiger partial charge in [-0.05, 0) is 59.8 Å². The average molecular weight is 493 g/mol. The largest absolute Gasteiger partial charge is 1.00 e. The first-order valence-corrected chi connectivity index (χ1v) is 9.76. The van der Waals surface area contributed by atoms with Crippen LogP contribution in [0.2, 0.25) is 0 Å². The van der Waals surface area contributed by atoms with Gasteiger partial charge >= 0.3 is 0 Å². The second-order valence-electron chi connectivity index (χ2n) is 5.62. The Morgan fingerprint density at radius 2 is 1.46 bits per heavy atom. The normalized spacial score (nSPS) is 9.85. The lowest BCUT2D eigenvalue weighted by Crippen LogP contribution is -3.00. The number of ketones is 1. The van der Waals surface area contributed by atoms with Crippen molar-refractivity contribution in [2.24, 2.45) is 5.73 Å². The Balaban J connectivity index is 0.000000475. The summed E-state index contributed by atoms with van der Waals surface area (Å²) in [4.78, 5) is 11.5. The minimum Gasteiger partial charge on any atom is -1.00 e. The van der Waals surface area contributed by atoms with Crippen LogP contribution < -0.4 is 29.7 Å². The van der Waals surface area contributed by atoms with Gasteiger partial charge < -0.3 is 50.1 Å². The predicted octanol–water partition coefficient (Wildman–Crippen LogP) is -1.24. The van der Waals surface area contributed by atoms with E-state index in [0.29, 0.717) is 24.3 Å². The molecule has 6 N–H and O–H groups in total. The second-order valence-corrected chi connectivity index (χ2v) is 7.88. The van der Waals surface area contributed by atoms with Crippen LogP contribution in [0, 0.1) is 0 Å². The van der Waals surface area contributed by atoms with Gasteiger partial charge in [-0.3, -0.25) is 4.79 Å².